The molecular weight excluding hydrogens is 680 g/mol. The lowest BCUT2D eigenvalue weighted by Gasteiger charge is -2.14. The quantitative estimate of drug-likeness (QED) is 0.0502. The van der Waals surface area contributed by atoms with Gasteiger partial charge in [0.25, 0.3) is 0 Å². The molecule has 16 heteroatoms. The van der Waals surface area contributed by atoms with Crippen LogP contribution < -0.4 is 21.3 Å². The summed E-state index contributed by atoms with van der Waals surface area (Å²) in [4.78, 5) is 69.7. The first kappa shape index (κ1) is 48.7. The van der Waals surface area contributed by atoms with Gasteiger partial charge in [0.15, 0.2) is 0 Å². The van der Waals surface area contributed by atoms with Gasteiger partial charge in [0, 0.05) is 38.9 Å². The predicted octanol–water partition coefficient (Wildman–Crippen LogP) is 2.71. The molecule has 0 aliphatic heterocycles. The standard InChI is InChI=1S/C36H66N4O12/c1-2-19-37-33(43)28-51-26-25-50-23-21-39-34(44)29-52-27-24-49-22-20-38-31(41)18-17-30(36(47)48)40-32(42)15-13-11-9-7-5-3-4-6-8-10-12-14-16-35(45)46/h30H,2-29H2,1H3,(H,37,43)(H,38,41)(H,39,44)(H,40,42)(H,45,46)(H,47,48)/t30-/m0/s1. The molecule has 4 amide bonds. The molecule has 16 nitrogen and oxygen atoms in total. The van der Waals surface area contributed by atoms with Crippen LogP contribution in [0.2, 0.25) is 0 Å². The zero-order valence-corrected chi connectivity index (χ0v) is 31.4. The van der Waals surface area contributed by atoms with Gasteiger partial charge in [0.05, 0.1) is 39.6 Å². The fourth-order valence-electron chi connectivity index (χ4n) is 4.88. The van der Waals surface area contributed by atoms with Crippen LogP contribution in [-0.4, -0.2) is 124 Å². The highest BCUT2D eigenvalue weighted by Crippen LogP contribution is 2.13. The number of carbonyl (C=O) groups is 6. The fraction of sp³-hybridized carbons (Fsp3) is 0.833. The van der Waals surface area contributed by atoms with Crippen LogP contribution >= 0.6 is 0 Å². The molecule has 0 saturated carbocycles. The molecule has 0 saturated heterocycles. The molecule has 0 radical (unpaired) electrons. The summed E-state index contributed by atoms with van der Waals surface area (Å²) < 4.78 is 21.1. The second-order valence-electron chi connectivity index (χ2n) is 12.5. The first-order valence-electron chi connectivity index (χ1n) is 19.0. The maximum Gasteiger partial charge on any atom is 0.326 e. The third-order valence-corrected chi connectivity index (χ3v) is 7.76. The van der Waals surface area contributed by atoms with Crippen LogP contribution in [0.5, 0.6) is 0 Å². The van der Waals surface area contributed by atoms with Crippen molar-refractivity contribution in [1.82, 2.24) is 21.3 Å². The second kappa shape index (κ2) is 36.0. The van der Waals surface area contributed by atoms with Gasteiger partial charge in [-0.3, -0.25) is 24.0 Å². The largest absolute Gasteiger partial charge is 0.481 e. The minimum Gasteiger partial charge on any atom is -0.481 e. The number of nitrogens with one attached hydrogen (secondary N) is 4. The molecule has 0 aliphatic carbocycles. The zero-order chi connectivity index (χ0) is 38.5. The highest BCUT2D eigenvalue weighted by atomic mass is 16.5. The number of carbonyl (C=O) groups excluding carboxylic acids is 4. The van der Waals surface area contributed by atoms with Gasteiger partial charge in [-0.25, -0.2) is 4.79 Å². The summed E-state index contributed by atoms with van der Waals surface area (Å²) in [6.07, 6.45) is 13.7. The molecule has 0 heterocycles. The summed E-state index contributed by atoms with van der Waals surface area (Å²) in [5, 5.41) is 28.6. The lowest BCUT2D eigenvalue weighted by Crippen LogP contribution is -2.41. The van der Waals surface area contributed by atoms with Crippen molar-refractivity contribution in [3.63, 3.8) is 0 Å². The van der Waals surface area contributed by atoms with Gasteiger partial charge >= 0.3 is 11.9 Å². The average molecular weight is 747 g/mol. The summed E-state index contributed by atoms with van der Waals surface area (Å²) in [6.45, 7) is 4.44. The van der Waals surface area contributed by atoms with Crippen molar-refractivity contribution in [2.24, 2.45) is 0 Å². The molecule has 6 N–H and O–H groups in total. The number of rotatable bonds is 38. The SMILES string of the molecule is CCCNC(=O)COCCOCCNC(=O)COCCOCCNC(=O)CC[C@H](NC(=O)CCCCCCCCCCCCCCC(=O)O)C(=O)O. The molecule has 0 rings (SSSR count). The first-order chi connectivity index (χ1) is 25.1. The number of aliphatic carboxylic acids is 2. The second-order valence-corrected chi connectivity index (χ2v) is 12.5. The molecular formula is C36H66N4O12. The molecule has 0 bridgehead atoms. The number of hydrogen-bond donors (Lipinski definition) is 6. The minimum absolute atomic E-state index is 0.0139. The summed E-state index contributed by atoms with van der Waals surface area (Å²) in [6, 6.07) is -1.14. The Morgan fingerprint density at radius 3 is 1.37 bits per heavy atom. The van der Waals surface area contributed by atoms with Crippen LogP contribution in [-0.2, 0) is 47.7 Å². The van der Waals surface area contributed by atoms with Gasteiger partial charge in [-0.05, 0) is 25.7 Å². The van der Waals surface area contributed by atoms with Crippen molar-refractivity contribution in [3.05, 3.63) is 0 Å². The van der Waals surface area contributed by atoms with Gasteiger partial charge in [0.1, 0.15) is 19.3 Å². The Labute approximate surface area is 309 Å². The molecule has 302 valence electrons. The maximum atomic E-state index is 12.3. The van der Waals surface area contributed by atoms with Crippen LogP contribution in [0, 0.1) is 0 Å². The highest BCUT2D eigenvalue weighted by molar-refractivity contribution is 5.84. The van der Waals surface area contributed by atoms with E-state index in [-0.39, 0.29) is 95.5 Å². The third kappa shape index (κ3) is 35.1. The van der Waals surface area contributed by atoms with Crippen molar-refractivity contribution in [2.45, 2.75) is 122 Å². The van der Waals surface area contributed by atoms with E-state index < -0.39 is 18.0 Å². The minimum atomic E-state index is -1.18. The number of unbranched alkanes of at least 4 members (excludes halogenated alkanes) is 11. The van der Waals surface area contributed by atoms with Crippen molar-refractivity contribution in [1.29, 1.82) is 0 Å². The summed E-state index contributed by atoms with van der Waals surface area (Å²) in [7, 11) is 0. The fourth-order valence-corrected chi connectivity index (χ4v) is 4.88. The lowest BCUT2D eigenvalue weighted by molar-refractivity contribution is -0.142. The van der Waals surface area contributed by atoms with Crippen LogP contribution in [0.15, 0.2) is 0 Å². The van der Waals surface area contributed by atoms with Gasteiger partial charge < -0.3 is 50.4 Å². The normalized spacial score (nSPS) is 11.5. The molecule has 0 spiro atoms. The van der Waals surface area contributed by atoms with E-state index in [1.54, 1.807) is 0 Å². The van der Waals surface area contributed by atoms with Crippen molar-refractivity contribution in [3.8, 4) is 0 Å². The van der Waals surface area contributed by atoms with Gasteiger partial charge in [-0.1, -0.05) is 71.1 Å². The molecule has 52 heavy (non-hydrogen) atoms. The number of carboxylic acids is 2. The van der Waals surface area contributed by atoms with Crippen LogP contribution in [0.1, 0.15) is 116 Å². The Balaban J connectivity index is 3.67. The van der Waals surface area contributed by atoms with Crippen LogP contribution in [0.4, 0.5) is 0 Å². The summed E-state index contributed by atoms with van der Waals surface area (Å²) in [5.41, 5.74) is 0. The van der Waals surface area contributed by atoms with E-state index >= 15 is 0 Å². The maximum absolute atomic E-state index is 12.3. The monoisotopic (exact) mass is 746 g/mol. The van der Waals surface area contributed by atoms with Crippen molar-refractivity contribution in [2.75, 3.05) is 72.5 Å². The summed E-state index contributed by atoms with van der Waals surface area (Å²) >= 11 is 0. The molecule has 0 unspecified atom stereocenters. The predicted molar refractivity (Wildman–Crippen MR) is 194 cm³/mol. The van der Waals surface area contributed by atoms with E-state index in [1.807, 2.05) is 6.92 Å². The highest BCUT2D eigenvalue weighted by Gasteiger charge is 2.20. The van der Waals surface area contributed by atoms with E-state index in [0.717, 1.165) is 57.8 Å². The Kier molecular flexibility index (Phi) is 33.7. The zero-order valence-electron chi connectivity index (χ0n) is 31.4. The number of carboxylic acid groups (broad SMARTS) is 2. The van der Waals surface area contributed by atoms with E-state index in [1.165, 1.54) is 19.3 Å². The van der Waals surface area contributed by atoms with E-state index in [9.17, 15) is 33.9 Å². The number of ether oxygens (including phenoxy) is 4. The molecule has 0 aliphatic rings. The summed E-state index contributed by atoms with van der Waals surface area (Å²) in [5.74, 6) is -3.05. The van der Waals surface area contributed by atoms with Crippen LogP contribution in [0.25, 0.3) is 0 Å². The van der Waals surface area contributed by atoms with Gasteiger partial charge in [-0.2, -0.15) is 0 Å². The lowest BCUT2D eigenvalue weighted by atomic mass is 10.0. The smallest absolute Gasteiger partial charge is 0.326 e. The van der Waals surface area contributed by atoms with E-state index in [4.69, 9.17) is 24.1 Å². The molecule has 0 aromatic rings. The number of hydrogen-bond acceptors (Lipinski definition) is 10. The van der Waals surface area contributed by atoms with Crippen molar-refractivity contribution < 1.29 is 57.9 Å². The Morgan fingerprint density at radius 1 is 0.481 bits per heavy atom. The van der Waals surface area contributed by atoms with Crippen LogP contribution in [0.3, 0.4) is 0 Å². The first-order valence-corrected chi connectivity index (χ1v) is 19.0. The third-order valence-electron chi connectivity index (χ3n) is 7.76. The number of amides is 4. The Morgan fingerprint density at radius 2 is 0.904 bits per heavy atom. The Hall–Kier alpha value is -3.34. The topological polar surface area (TPSA) is 228 Å². The van der Waals surface area contributed by atoms with Crippen molar-refractivity contribution >= 4 is 35.6 Å². The Bertz CT molecular complexity index is 970. The average Bonchev–Trinajstić information content (AvgIpc) is 3.11. The van der Waals surface area contributed by atoms with E-state index in [2.05, 4.69) is 21.3 Å². The molecule has 0 aromatic carbocycles. The molecule has 0 aromatic heterocycles. The molecule has 1 atom stereocenters. The molecule has 0 fully saturated rings. The van der Waals surface area contributed by atoms with Gasteiger partial charge in [0.2, 0.25) is 23.6 Å². The van der Waals surface area contributed by atoms with E-state index in [0.29, 0.717) is 32.7 Å². The van der Waals surface area contributed by atoms with Gasteiger partial charge in [-0.15, -0.1) is 0 Å².